The summed E-state index contributed by atoms with van der Waals surface area (Å²) >= 11 is 0. The molecule has 0 spiro atoms. The Labute approximate surface area is 163 Å². The minimum atomic E-state index is 0.255. The van der Waals surface area contributed by atoms with Gasteiger partial charge in [-0.15, -0.1) is 0 Å². The second-order valence-electron chi connectivity index (χ2n) is 6.58. The van der Waals surface area contributed by atoms with Gasteiger partial charge < -0.3 is 14.4 Å². The Morgan fingerprint density at radius 1 is 0.815 bits per heavy atom. The van der Waals surface area contributed by atoms with Crippen molar-refractivity contribution in [2.45, 2.75) is 6.42 Å². The van der Waals surface area contributed by atoms with Crippen LogP contribution in [0.5, 0.6) is 5.75 Å². The molecule has 1 unspecified atom stereocenters. The zero-order chi connectivity index (χ0) is 19.1. The summed E-state index contributed by atoms with van der Waals surface area (Å²) in [5, 5.41) is 2.51. The van der Waals surface area contributed by atoms with Gasteiger partial charge in [-0.3, -0.25) is 0 Å². The Morgan fingerprint density at radius 3 is 2.30 bits per heavy atom. The number of para-hydroxylation sites is 1. The summed E-state index contributed by atoms with van der Waals surface area (Å²) in [6, 6.07) is 25.6. The topological polar surface area (TPSA) is 21.7 Å². The number of anilines is 1. The van der Waals surface area contributed by atoms with Gasteiger partial charge >= 0.3 is 0 Å². The van der Waals surface area contributed by atoms with Gasteiger partial charge in [0.25, 0.3) is 0 Å². The number of ether oxygens (including phenoxy) is 2. The molecule has 0 aromatic heterocycles. The number of hydrogen-bond donors (Lipinski definition) is 0. The molecule has 140 valence electrons. The van der Waals surface area contributed by atoms with Gasteiger partial charge in [-0.25, -0.2) is 0 Å². The first kappa shape index (κ1) is 19.4. The molecule has 0 aliphatic heterocycles. The fourth-order valence-corrected chi connectivity index (χ4v) is 4.42. The lowest BCUT2D eigenvalue weighted by Gasteiger charge is -2.19. The first-order valence-electron chi connectivity index (χ1n) is 8.99. The molecule has 1 atom stereocenters. The van der Waals surface area contributed by atoms with E-state index in [2.05, 4.69) is 91.8 Å². The summed E-state index contributed by atoms with van der Waals surface area (Å²) in [4.78, 5) is 2.16. The zero-order valence-corrected chi connectivity index (χ0v) is 17.1. The maximum absolute atomic E-state index is 5.84. The molecule has 0 saturated carbocycles. The lowest BCUT2D eigenvalue weighted by Crippen LogP contribution is -2.18. The van der Waals surface area contributed by atoms with Crippen LogP contribution in [0.2, 0.25) is 0 Å². The molecule has 3 aromatic rings. The van der Waals surface area contributed by atoms with Crippen LogP contribution in [-0.2, 0) is 11.2 Å². The fourth-order valence-electron chi connectivity index (χ4n) is 2.98. The van der Waals surface area contributed by atoms with Crippen molar-refractivity contribution in [1.82, 2.24) is 0 Å². The third-order valence-corrected chi connectivity index (χ3v) is 5.63. The summed E-state index contributed by atoms with van der Waals surface area (Å²) in [7, 11) is 6.32. The third-order valence-electron chi connectivity index (χ3n) is 4.28. The minimum absolute atomic E-state index is 0.255. The monoisotopic (exact) mass is 379 g/mol. The van der Waals surface area contributed by atoms with Crippen LogP contribution in [0.4, 0.5) is 5.69 Å². The van der Waals surface area contributed by atoms with Gasteiger partial charge in [-0.1, -0.05) is 63.2 Å². The van der Waals surface area contributed by atoms with Crippen LogP contribution in [0.25, 0.3) is 0 Å². The van der Waals surface area contributed by atoms with Crippen molar-refractivity contribution in [2.75, 3.05) is 32.9 Å². The molecule has 0 N–H and O–H groups in total. The summed E-state index contributed by atoms with van der Waals surface area (Å²) in [5.74, 6) is 0.889. The second kappa shape index (κ2) is 9.55. The highest BCUT2D eigenvalue weighted by Gasteiger charge is 2.11. The lowest BCUT2D eigenvalue weighted by molar-refractivity contribution is 0.0519. The molecule has 0 saturated heterocycles. The Bertz CT molecular complexity index is 865. The van der Waals surface area contributed by atoms with Gasteiger partial charge in [0.15, 0.2) is 6.79 Å². The predicted molar refractivity (Wildman–Crippen MR) is 117 cm³/mol. The van der Waals surface area contributed by atoms with Crippen LogP contribution in [0, 0.1) is 0 Å². The Balaban J connectivity index is 1.91. The summed E-state index contributed by atoms with van der Waals surface area (Å²) < 4.78 is 10.9. The molecular formula is C23H26NO2P. The van der Waals surface area contributed by atoms with E-state index in [1.54, 1.807) is 7.11 Å². The molecule has 0 amide bonds. The highest BCUT2D eigenvalue weighted by Crippen LogP contribution is 2.25. The van der Waals surface area contributed by atoms with Crippen molar-refractivity contribution >= 4 is 24.9 Å². The Hall–Kier alpha value is -2.35. The van der Waals surface area contributed by atoms with Gasteiger partial charge in [0, 0.05) is 37.5 Å². The summed E-state index contributed by atoms with van der Waals surface area (Å²) in [6.07, 6.45) is 0.915. The van der Waals surface area contributed by atoms with E-state index in [0.29, 0.717) is 8.58 Å². The van der Waals surface area contributed by atoms with Gasteiger partial charge in [0.2, 0.25) is 0 Å². The number of methoxy groups -OCH3 is 1. The molecule has 3 rings (SSSR count). The second-order valence-corrected chi connectivity index (χ2v) is 7.91. The van der Waals surface area contributed by atoms with Crippen molar-refractivity contribution in [2.24, 2.45) is 0 Å². The maximum Gasteiger partial charge on any atom is 0.188 e. The fraction of sp³-hybridized carbons (Fsp3) is 0.217. The van der Waals surface area contributed by atoms with E-state index in [1.165, 1.54) is 27.4 Å². The number of benzene rings is 3. The van der Waals surface area contributed by atoms with E-state index in [9.17, 15) is 0 Å². The van der Waals surface area contributed by atoms with E-state index in [4.69, 9.17) is 9.47 Å². The average molecular weight is 379 g/mol. The molecule has 0 aliphatic carbocycles. The molecule has 4 heteroatoms. The molecule has 27 heavy (non-hydrogen) atoms. The van der Waals surface area contributed by atoms with Crippen LogP contribution >= 0.6 is 8.58 Å². The minimum Gasteiger partial charge on any atom is -0.467 e. The van der Waals surface area contributed by atoms with Crippen molar-refractivity contribution in [3.05, 3.63) is 83.9 Å². The largest absolute Gasteiger partial charge is 0.467 e. The lowest BCUT2D eigenvalue weighted by atomic mass is 10.1. The maximum atomic E-state index is 5.84. The predicted octanol–water partition coefficient (Wildman–Crippen LogP) is 3.96. The van der Waals surface area contributed by atoms with E-state index in [-0.39, 0.29) is 6.79 Å². The smallest absolute Gasteiger partial charge is 0.188 e. The van der Waals surface area contributed by atoms with Crippen LogP contribution < -0.4 is 20.2 Å². The number of rotatable bonds is 8. The Morgan fingerprint density at radius 2 is 1.56 bits per heavy atom. The van der Waals surface area contributed by atoms with Crippen molar-refractivity contribution in [3.8, 4) is 5.75 Å². The Kier molecular flexibility index (Phi) is 6.86. The SMILES string of the molecule is COCOc1ccc(Cc2ccccc2)cc1Pc1ccccc1N(C)C. The third kappa shape index (κ3) is 5.32. The van der Waals surface area contributed by atoms with Crippen LogP contribution in [0.15, 0.2) is 72.8 Å². The summed E-state index contributed by atoms with van der Waals surface area (Å²) in [6.45, 7) is 0.255. The van der Waals surface area contributed by atoms with E-state index < -0.39 is 0 Å². The average Bonchev–Trinajstić information content (AvgIpc) is 2.68. The molecule has 0 fully saturated rings. The molecule has 0 radical (unpaired) electrons. The molecule has 0 heterocycles. The number of hydrogen-bond acceptors (Lipinski definition) is 3. The van der Waals surface area contributed by atoms with E-state index in [1.807, 2.05) is 0 Å². The van der Waals surface area contributed by atoms with Gasteiger partial charge in [-0.05, 0) is 35.7 Å². The first-order chi connectivity index (χ1) is 13.2. The van der Waals surface area contributed by atoms with E-state index in [0.717, 1.165) is 12.2 Å². The van der Waals surface area contributed by atoms with Crippen molar-refractivity contribution in [3.63, 3.8) is 0 Å². The first-order valence-corrected chi connectivity index (χ1v) is 9.99. The van der Waals surface area contributed by atoms with E-state index >= 15 is 0 Å². The molecule has 0 aliphatic rings. The molecule has 3 nitrogen and oxygen atoms in total. The molecule has 0 bridgehead atoms. The van der Waals surface area contributed by atoms with Crippen LogP contribution in [0.1, 0.15) is 11.1 Å². The molecular weight excluding hydrogens is 353 g/mol. The normalized spacial score (nSPS) is 11.1. The highest BCUT2D eigenvalue weighted by molar-refractivity contribution is 7.56. The van der Waals surface area contributed by atoms with Gasteiger partial charge in [0.1, 0.15) is 5.75 Å². The van der Waals surface area contributed by atoms with Crippen LogP contribution in [-0.4, -0.2) is 28.0 Å². The number of nitrogens with zero attached hydrogens (tertiary/aromatic N) is 1. The summed E-state index contributed by atoms with van der Waals surface area (Å²) in [5.41, 5.74) is 3.84. The van der Waals surface area contributed by atoms with Crippen LogP contribution in [0.3, 0.4) is 0 Å². The van der Waals surface area contributed by atoms with Gasteiger partial charge in [-0.2, -0.15) is 0 Å². The zero-order valence-electron chi connectivity index (χ0n) is 16.1. The van der Waals surface area contributed by atoms with Crippen molar-refractivity contribution in [1.29, 1.82) is 0 Å². The quantitative estimate of drug-likeness (QED) is 0.437. The van der Waals surface area contributed by atoms with Gasteiger partial charge in [0.05, 0.1) is 0 Å². The standard InChI is InChI=1S/C23H26NO2P/c1-24(2)20-11-7-8-12-22(20)27-23-16-19(13-14-21(23)26-17-25-3)15-18-9-5-4-6-10-18/h4-14,16,27H,15,17H2,1-3H3. The van der Waals surface area contributed by atoms with Crippen molar-refractivity contribution < 1.29 is 9.47 Å². The molecule has 3 aromatic carbocycles. The highest BCUT2D eigenvalue weighted by atomic mass is 31.1.